The van der Waals surface area contributed by atoms with E-state index in [4.69, 9.17) is 0 Å². The monoisotopic (exact) mass is 231 g/mol. The van der Waals surface area contributed by atoms with Crippen molar-refractivity contribution in [3.63, 3.8) is 0 Å². The van der Waals surface area contributed by atoms with Gasteiger partial charge < -0.3 is 14.6 Å². The zero-order valence-electron chi connectivity index (χ0n) is 10.3. The van der Waals surface area contributed by atoms with E-state index in [9.17, 15) is 5.11 Å². The van der Waals surface area contributed by atoms with Crippen LogP contribution in [0.4, 0.5) is 5.69 Å². The van der Waals surface area contributed by atoms with Crippen LogP contribution in [0.3, 0.4) is 0 Å². The molecule has 0 aliphatic rings. The summed E-state index contributed by atoms with van der Waals surface area (Å²) in [4.78, 5) is 6.18. The van der Waals surface area contributed by atoms with Gasteiger partial charge >= 0.3 is 0 Å². The summed E-state index contributed by atoms with van der Waals surface area (Å²) in [6.07, 6.45) is 2.84. The molecule has 4 heteroatoms. The smallest absolute Gasteiger partial charge is 0.142 e. The highest BCUT2D eigenvalue weighted by molar-refractivity contribution is 5.46. The summed E-state index contributed by atoms with van der Waals surface area (Å²) in [6.45, 7) is 0. The third-order valence-electron chi connectivity index (χ3n) is 2.83. The predicted octanol–water partition coefficient (Wildman–Crippen LogP) is 1.57. The van der Waals surface area contributed by atoms with Crippen LogP contribution in [0.1, 0.15) is 17.5 Å². The van der Waals surface area contributed by atoms with Crippen LogP contribution in [0.2, 0.25) is 0 Å². The number of imidazole rings is 1. The first kappa shape index (κ1) is 11.7. The molecule has 1 aromatic heterocycles. The van der Waals surface area contributed by atoms with Crippen molar-refractivity contribution < 1.29 is 5.11 Å². The molecule has 1 aromatic carbocycles. The van der Waals surface area contributed by atoms with Gasteiger partial charge in [0.05, 0.1) is 0 Å². The molecule has 0 unspecified atom stereocenters. The predicted molar refractivity (Wildman–Crippen MR) is 68.0 cm³/mol. The molecule has 0 amide bonds. The highest BCUT2D eigenvalue weighted by atomic mass is 16.3. The van der Waals surface area contributed by atoms with Gasteiger partial charge in [0.2, 0.25) is 0 Å². The fourth-order valence-electron chi connectivity index (χ4n) is 1.74. The zero-order chi connectivity index (χ0) is 12.4. The Balaban J connectivity index is 2.26. The molecule has 0 fully saturated rings. The molecular weight excluding hydrogens is 214 g/mol. The number of aryl methyl sites for hydroxylation is 1. The molecule has 1 atom stereocenters. The van der Waals surface area contributed by atoms with Crippen LogP contribution >= 0.6 is 0 Å². The summed E-state index contributed by atoms with van der Waals surface area (Å²) in [5.74, 6) is 0.655. The van der Waals surface area contributed by atoms with E-state index < -0.39 is 6.10 Å². The van der Waals surface area contributed by atoms with Crippen molar-refractivity contribution in [2.75, 3.05) is 19.0 Å². The Labute approximate surface area is 101 Å². The minimum Gasteiger partial charge on any atom is -0.380 e. The molecule has 0 radical (unpaired) electrons. The Morgan fingerprint density at radius 3 is 2.35 bits per heavy atom. The maximum absolute atomic E-state index is 10.2. The first-order valence-electron chi connectivity index (χ1n) is 5.52. The SMILES string of the molecule is CN(C)c1ccc([C@H](O)c2nccn2C)cc1. The van der Waals surface area contributed by atoms with Gasteiger partial charge in [-0.1, -0.05) is 12.1 Å². The Morgan fingerprint density at radius 1 is 1.24 bits per heavy atom. The molecule has 0 spiro atoms. The van der Waals surface area contributed by atoms with E-state index in [-0.39, 0.29) is 0 Å². The number of anilines is 1. The zero-order valence-corrected chi connectivity index (χ0v) is 10.3. The standard InChI is InChI=1S/C13H17N3O/c1-15(2)11-6-4-10(5-7-11)12(17)13-14-8-9-16(13)3/h4-9,12,17H,1-3H3/t12-/m0/s1. The normalized spacial score (nSPS) is 12.5. The van der Waals surface area contributed by atoms with Gasteiger partial charge in [0, 0.05) is 39.2 Å². The largest absolute Gasteiger partial charge is 0.380 e. The third-order valence-corrected chi connectivity index (χ3v) is 2.83. The van der Waals surface area contributed by atoms with E-state index in [1.807, 2.05) is 61.1 Å². The Bertz CT molecular complexity index is 488. The number of hydrogen-bond acceptors (Lipinski definition) is 3. The minimum absolute atomic E-state index is 0.655. The van der Waals surface area contributed by atoms with Crippen molar-refractivity contribution in [2.24, 2.45) is 7.05 Å². The van der Waals surface area contributed by atoms with Crippen molar-refractivity contribution >= 4 is 5.69 Å². The average molecular weight is 231 g/mol. The van der Waals surface area contributed by atoms with Gasteiger partial charge in [-0.3, -0.25) is 0 Å². The summed E-state index contributed by atoms with van der Waals surface area (Å²) < 4.78 is 1.82. The molecule has 2 rings (SSSR count). The van der Waals surface area contributed by atoms with Gasteiger partial charge in [-0.15, -0.1) is 0 Å². The lowest BCUT2D eigenvalue weighted by atomic mass is 10.1. The minimum atomic E-state index is -0.675. The second-order valence-corrected chi connectivity index (χ2v) is 4.28. The molecule has 0 bridgehead atoms. The number of benzene rings is 1. The lowest BCUT2D eigenvalue weighted by Crippen LogP contribution is -2.10. The summed E-state index contributed by atoms with van der Waals surface area (Å²) >= 11 is 0. The van der Waals surface area contributed by atoms with E-state index in [1.165, 1.54) is 0 Å². The molecule has 90 valence electrons. The van der Waals surface area contributed by atoms with Crippen LogP contribution in [-0.2, 0) is 7.05 Å². The third kappa shape index (κ3) is 2.31. The van der Waals surface area contributed by atoms with Crippen molar-refractivity contribution in [1.82, 2.24) is 9.55 Å². The molecular formula is C13H17N3O. The van der Waals surface area contributed by atoms with Gasteiger partial charge in [0.1, 0.15) is 11.9 Å². The van der Waals surface area contributed by atoms with Crippen LogP contribution in [0.5, 0.6) is 0 Å². The first-order chi connectivity index (χ1) is 8.09. The fraction of sp³-hybridized carbons (Fsp3) is 0.308. The van der Waals surface area contributed by atoms with Crippen LogP contribution in [0, 0.1) is 0 Å². The number of hydrogen-bond donors (Lipinski definition) is 1. The highest BCUT2D eigenvalue weighted by Gasteiger charge is 2.14. The number of aliphatic hydroxyl groups excluding tert-OH is 1. The summed E-state index contributed by atoms with van der Waals surface area (Å²) in [5.41, 5.74) is 1.96. The number of aliphatic hydroxyl groups is 1. The molecule has 0 aliphatic heterocycles. The van der Waals surface area contributed by atoms with E-state index >= 15 is 0 Å². The Kier molecular flexibility index (Phi) is 3.15. The van der Waals surface area contributed by atoms with Gasteiger partial charge in [-0.2, -0.15) is 0 Å². The van der Waals surface area contributed by atoms with E-state index in [1.54, 1.807) is 6.20 Å². The van der Waals surface area contributed by atoms with E-state index in [0.717, 1.165) is 11.3 Å². The lowest BCUT2D eigenvalue weighted by Gasteiger charge is -2.15. The Hall–Kier alpha value is -1.81. The van der Waals surface area contributed by atoms with Crippen LogP contribution in [0.15, 0.2) is 36.7 Å². The summed E-state index contributed by atoms with van der Waals surface area (Å²) in [5, 5.41) is 10.2. The molecule has 2 aromatic rings. The summed E-state index contributed by atoms with van der Waals surface area (Å²) in [7, 11) is 5.86. The van der Waals surface area contributed by atoms with E-state index in [0.29, 0.717) is 5.82 Å². The molecule has 1 N–H and O–H groups in total. The topological polar surface area (TPSA) is 41.3 Å². The maximum Gasteiger partial charge on any atom is 0.142 e. The second kappa shape index (κ2) is 4.59. The molecule has 17 heavy (non-hydrogen) atoms. The average Bonchev–Trinajstić information content (AvgIpc) is 2.74. The van der Waals surface area contributed by atoms with Crippen LogP contribution in [0.25, 0.3) is 0 Å². The molecule has 4 nitrogen and oxygen atoms in total. The number of rotatable bonds is 3. The lowest BCUT2D eigenvalue weighted by molar-refractivity contribution is 0.206. The maximum atomic E-state index is 10.2. The molecule has 0 aliphatic carbocycles. The summed E-state index contributed by atoms with van der Waals surface area (Å²) in [6, 6.07) is 7.83. The van der Waals surface area contributed by atoms with Crippen LogP contribution in [-0.4, -0.2) is 28.8 Å². The highest BCUT2D eigenvalue weighted by Crippen LogP contribution is 2.22. The number of nitrogens with zero attached hydrogens (tertiary/aromatic N) is 3. The van der Waals surface area contributed by atoms with Gasteiger partial charge in [0.15, 0.2) is 0 Å². The molecule has 0 saturated carbocycles. The Morgan fingerprint density at radius 2 is 1.88 bits per heavy atom. The number of aromatic nitrogens is 2. The first-order valence-corrected chi connectivity index (χ1v) is 5.52. The van der Waals surface area contributed by atoms with Crippen molar-refractivity contribution in [3.8, 4) is 0 Å². The fourth-order valence-corrected chi connectivity index (χ4v) is 1.74. The molecule has 0 saturated heterocycles. The van der Waals surface area contributed by atoms with Crippen LogP contribution < -0.4 is 4.90 Å². The quantitative estimate of drug-likeness (QED) is 0.871. The van der Waals surface area contributed by atoms with E-state index in [2.05, 4.69) is 4.98 Å². The van der Waals surface area contributed by atoms with Crippen molar-refractivity contribution in [2.45, 2.75) is 6.10 Å². The van der Waals surface area contributed by atoms with Crippen molar-refractivity contribution in [3.05, 3.63) is 48.0 Å². The van der Waals surface area contributed by atoms with Gasteiger partial charge in [-0.05, 0) is 17.7 Å². The second-order valence-electron chi connectivity index (χ2n) is 4.28. The van der Waals surface area contributed by atoms with Gasteiger partial charge in [-0.25, -0.2) is 4.98 Å². The van der Waals surface area contributed by atoms with Gasteiger partial charge in [0.25, 0.3) is 0 Å². The molecule has 1 heterocycles. The van der Waals surface area contributed by atoms with Crippen molar-refractivity contribution in [1.29, 1.82) is 0 Å².